The normalized spacial score (nSPS) is 11.8. The Kier molecular flexibility index (Phi) is 21.5. The van der Waals surface area contributed by atoms with Crippen LogP contribution in [0.3, 0.4) is 0 Å². The molecule has 25 heavy (non-hydrogen) atoms. The Hall–Kier alpha value is -0.300. The second-order valence-corrected chi connectivity index (χ2v) is 7.80. The van der Waals surface area contributed by atoms with Gasteiger partial charge in [-0.15, -0.1) is 0 Å². The van der Waals surface area contributed by atoms with Gasteiger partial charge in [-0.2, -0.15) is 0 Å². The fraction of sp³-hybridized carbons (Fsp3) is 0.917. The van der Waals surface area contributed by atoms with E-state index in [4.69, 9.17) is 0 Å². The highest BCUT2D eigenvalue weighted by atomic mass is 15.1. The molecular formula is C24H49N. The Morgan fingerprint density at radius 3 is 1.36 bits per heavy atom. The lowest BCUT2D eigenvalue weighted by molar-refractivity contribution is 0.254. The van der Waals surface area contributed by atoms with Crippen LogP contribution in [0.4, 0.5) is 0 Å². The molecule has 0 unspecified atom stereocenters. The van der Waals surface area contributed by atoms with Crippen LogP contribution < -0.4 is 0 Å². The zero-order valence-electron chi connectivity index (χ0n) is 18.0. The minimum Gasteiger partial charge on any atom is -0.303 e. The average Bonchev–Trinajstić information content (AvgIpc) is 2.63. The summed E-state index contributed by atoms with van der Waals surface area (Å²) in [5.74, 6) is 0. The van der Waals surface area contributed by atoms with Gasteiger partial charge >= 0.3 is 0 Å². The lowest BCUT2D eigenvalue weighted by Crippen LogP contribution is -2.27. The monoisotopic (exact) mass is 351 g/mol. The highest BCUT2D eigenvalue weighted by Crippen LogP contribution is 2.10. The minimum atomic E-state index is 1.27. The van der Waals surface area contributed by atoms with Crippen molar-refractivity contribution in [1.82, 2.24) is 4.90 Å². The first-order chi connectivity index (χ1) is 12.3. The van der Waals surface area contributed by atoms with Crippen LogP contribution in [0.25, 0.3) is 0 Å². The van der Waals surface area contributed by atoms with E-state index in [1.54, 1.807) is 0 Å². The van der Waals surface area contributed by atoms with E-state index in [0.29, 0.717) is 0 Å². The van der Waals surface area contributed by atoms with Crippen LogP contribution in [-0.2, 0) is 0 Å². The first kappa shape index (κ1) is 24.7. The molecule has 0 saturated carbocycles. The molecule has 0 rings (SSSR count). The molecule has 1 nitrogen and oxygen atoms in total. The molecule has 1 heteroatoms. The number of unbranched alkanes of at least 4 members (excludes halogenated alkanes) is 13. The summed E-state index contributed by atoms with van der Waals surface area (Å²) in [7, 11) is 0. The zero-order valence-corrected chi connectivity index (χ0v) is 18.0. The van der Waals surface area contributed by atoms with Crippen LogP contribution >= 0.6 is 0 Å². The Labute approximate surface area is 160 Å². The van der Waals surface area contributed by atoms with E-state index in [-0.39, 0.29) is 0 Å². The highest BCUT2D eigenvalue weighted by molar-refractivity contribution is 4.76. The molecule has 0 aliphatic heterocycles. The van der Waals surface area contributed by atoms with Gasteiger partial charge in [0.25, 0.3) is 0 Å². The van der Waals surface area contributed by atoms with Crippen LogP contribution in [0.15, 0.2) is 12.2 Å². The fourth-order valence-corrected chi connectivity index (χ4v) is 3.51. The van der Waals surface area contributed by atoms with Crippen LogP contribution in [0, 0.1) is 0 Å². The van der Waals surface area contributed by atoms with E-state index in [1.165, 1.54) is 122 Å². The molecular weight excluding hydrogens is 302 g/mol. The third-order valence-corrected chi connectivity index (χ3v) is 5.24. The molecule has 0 aliphatic rings. The largest absolute Gasteiger partial charge is 0.303 e. The van der Waals surface area contributed by atoms with E-state index < -0.39 is 0 Å². The Balaban J connectivity index is 3.80. The highest BCUT2D eigenvalue weighted by Gasteiger charge is 2.04. The summed E-state index contributed by atoms with van der Waals surface area (Å²) in [4.78, 5) is 2.77. The molecule has 0 atom stereocenters. The summed E-state index contributed by atoms with van der Waals surface area (Å²) in [6.45, 7) is 10.8. The molecule has 0 N–H and O–H groups in total. The fourth-order valence-electron chi connectivity index (χ4n) is 3.51. The minimum absolute atomic E-state index is 1.27. The van der Waals surface area contributed by atoms with E-state index in [0.717, 1.165) is 0 Å². The van der Waals surface area contributed by atoms with Gasteiger partial charge < -0.3 is 4.90 Å². The molecule has 150 valence electrons. The van der Waals surface area contributed by atoms with Gasteiger partial charge in [0.1, 0.15) is 0 Å². The van der Waals surface area contributed by atoms with Gasteiger partial charge in [-0.05, 0) is 58.7 Å². The first-order valence-corrected chi connectivity index (χ1v) is 11.7. The quantitative estimate of drug-likeness (QED) is 0.158. The summed E-state index contributed by atoms with van der Waals surface area (Å²) >= 11 is 0. The second kappa shape index (κ2) is 21.7. The molecule has 0 fully saturated rings. The third kappa shape index (κ3) is 19.9. The van der Waals surface area contributed by atoms with E-state index in [1.807, 2.05) is 0 Å². The molecule has 0 heterocycles. The summed E-state index contributed by atoms with van der Waals surface area (Å²) in [6.07, 6.45) is 27.0. The van der Waals surface area contributed by atoms with E-state index >= 15 is 0 Å². The van der Waals surface area contributed by atoms with Crippen molar-refractivity contribution in [2.24, 2.45) is 0 Å². The number of hydrogen-bond acceptors (Lipinski definition) is 1. The summed E-state index contributed by atoms with van der Waals surface area (Å²) in [5.41, 5.74) is 0. The van der Waals surface area contributed by atoms with Crippen molar-refractivity contribution in [2.45, 2.75) is 124 Å². The molecule has 0 aliphatic carbocycles. The summed E-state index contributed by atoms with van der Waals surface area (Å²) in [6, 6.07) is 0. The maximum atomic E-state index is 2.77. The third-order valence-electron chi connectivity index (χ3n) is 5.24. The number of hydrogen-bond donors (Lipinski definition) is 0. The van der Waals surface area contributed by atoms with Gasteiger partial charge in [-0.1, -0.05) is 96.6 Å². The molecule has 0 radical (unpaired) electrons. The molecule has 0 aromatic rings. The number of allylic oxidation sites excluding steroid dienone is 2. The zero-order chi connectivity index (χ0) is 18.4. The van der Waals surface area contributed by atoms with Crippen LogP contribution in [0.2, 0.25) is 0 Å². The predicted octanol–water partition coefficient (Wildman–Crippen LogP) is 8.15. The van der Waals surface area contributed by atoms with Crippen LogP contribution in [0.5, 0.6) is 0 Å². The molecule has 0 aromatic heterocycles. The predicted molar refractivity (Wildman–Crippen MR) is 116 cm³/mol. The lowest BCUT2D eigenvalue weighted by atomic mass is 10.1. The lowest BCUT2D eigenvalue weighted by Gasteiger charge is -2.22. The first-order valence-electron chi connectivity index (χ1n) is 11.7. The topological polar surface area (TPSA) is 3.24 Å². The van der Waals surface area contributed by atoms with Crippen molar-refractivity contribution in [3.63, 3.8) is 0 Å². The maximum Gasteiger partial charge on any atom is -0.00187 e. The van der Waals surface area contributed by atoms with Crippen molar-refractivity contribution in [1.29, 1.82) is 0 Å². The molecule has 0 amide bonds. The van der Waals surface area contributed by atoms with Gasteiger partial charge in [0, 0.05) is 0 Å². The van der Waals surface area contributed by atoms with Crippen molar-refractivity contribution < 1.29 is 0 Å². The second-order valence-electron chi connectivity index (χ2n) is 7.80. The Morgan fingerprint density at radius 2 is 0.920 bits per heavy atom. The van der Waals surface area contributed by atoms with Gasteiger partial charge in [0.15, 0.2) is 0 Å². The number of rotatable bonds is 20. The summed E-state index contributed by atoms with van der Waals surface area (Å²) < 4.78 is 0. The van der Waals surface area contributed by atoms with Gasteiger partial charge in [-0.3, -0.25) is 0 Å². The van der Waals surface area contributed by atoms with Gasteiger partial charge in [-0.25, -0.2) is 0 Å². The standard InChI is InChI=1S/C24H49N/c1-4-7-10-13-16-19-22-25(23-20-17-14-11-8-5-2)24-21-18-15-12-9-6-3/h4,7H,5-6,8-24H2,1-3H3/b7-4+. The van der Waals surface area contributed by atoms with Gasteiger partial charge in [0.05, 0.1) is 0 Å². The van der Waals surface area contributed by atoms with Crippen molar-refractivity contribution in [2.75, 3.05) is 19.6 Å². The van der Waals surface area contributed by atoms with E-state index in [9.17, 15) is 0 Å². The van der Waals surface area contributed by atoms with Crippen LogP contribution in [0.1, 0.15) is 124 Å². The molecule has 0 saturated heterocycles. The SMILES string of the molecule is C/C=C/CCCCCN(CCCCCCCC)CCCCCCCC. The van der Waals surface area contributed by atoms with Crippen LogP contribution in [-0.4, -0.2) is 24.5 Å². The van der Waals surface area contributed by atoms with E-state index in [2.05, 4.69) is 37.8 Å². The Morgan fingerprint density at radius 1 is 0.520 bits per heavy atom. The molecule has 0 spiro atoms. The average molecular weight is 352 g/mol. The molecule has 0 aromatic carbocycles. The van der Waals surface area contributed by atoms with Crippen molar-refractivity contribution in [3.05, 3.63) is 12.2 Å². The Bertz CT molecular complexity index is 243. The maximum absolute atomic E-state index is 2.77. The van der Waals surface area contributed by atoms with Crippen molar-refractivity contribution >= 4 is 0 Å². The number of nitrogens with zero attached hydrogens (tertiary/aromatic N) is 1. The smallest absolute Gasteiger partial charge is 0.00187 e. The summed E-state index contributed by atoms with van der Waals surface area (Å²) in [5, 5.41) is 0. The van der Waals surface area contributed by atoms with Crippen molar-refractivity contribution in [3.8, 4) is 0 Å². The molecule has 0 bridgehead atoms. The van der Waals surface area contributed by atoms with Gasteiger partial charge in [0.2, 0.25) is 0 Å².